The molecule has 0 heterocycles. The van der Waals surface area contributed by atoms with Gasteiger partial charge in [0, 0.05) is 17.9 Å². The first kappa shape index (κ1) is 19.1. The van der Waals surface area contributed by atoms with E-state index < -0.39 is 18.2 Å². The lowest BCUT2D eigenvalue weighted by atomic mass is 10.1. The molecule has 0 aliphatic rings. The van der Waals surface area contributed by atoms with E-state index in [4.69, 9.17) is 9.47 Å². The van der Waals surface area contributed by atoms with Gasteiger partial charge in [-0.05, 0) is 77.6 Å². The lowest BCUT2D eigenvalue weighted by Crippen LogP contribution is -2.20. The number of carbonyl (C=O) groups excluding carboxylic acids is 2. The predicted octanol–water partition coefficient (Wildman–Crippen LogP) is 4.41. The minimum absolute atomic E-state index is 0.00412. The highest BCUT2D eigenvalue weighted by Gasteiger charge is 2.30. The fraction of sp³-hybridized carbons (Fsp3) is 0.333. The van der Waals surface area contributed by atoms with Gasteiger partial charge < -0.3 is 14.6 Å². The van der Waals surface area contributed by atoms with Crippen LogP contribution < -0.4 is 0 Å². The molecule has 0 aromatic heterocycles. The Kier molecular flexibility index (Phi) is 7.32. The Labute approximate surface area is 154 Å². The number of rotatable bonds is 4. The molecule has 0 saturated heterocycles. The van der Waals surface area contributed by atoms with Gasteiger partial charge in [0.1, 0.15) is 0 Å². The van der Waals surface area contributed by atoms with E-state index in [-0.39, 0.29) is 17.7 Å². The summed E-state index contributed by atoms with van der Waals surface area (Å²) < 4.78 is 11.4. The Hall–Kier alpha value is 0.0400. The number of benzene rings is 1. The molecule has 1 atom stereocenters. The standard InChI is InChI=1S/C12H10Br4O5/c1-3-20-11(18)5-6(12(19)21-4(2)17)8(14)10(16)9(15)7(5)13/h4,17H,3H2,1-2H3. The predicted molar refractivity (Wildman–Crippen MR) is 90.3 cm³/mol. The molecule has 0 aliphatic heterocycles. The van der Waals surface area contributed by atoms with E-state index >= 15 is 0 Å². The second kappa shape index (κ2) is 8.05. The zero-order valence-corrected chi connectivity index (χ0v) is 17.2. The zero-order chi connectivity index (χ0) is 16.3. The van der Waals surface area contributed by atoms with E-state index in [1.807, 2.05) is 0 Å². The molecule has 1 aromatic carbocycles. The third-order valence-corrected chi connectivity index (χ3v) is 7.00. The molecule has 0 aliphatic carbocycles. The molecule has 116 valence electrons. The largest absolute Gasteiger partial charge is 0.462 e. The summed E-state index contributed by atoms with van der Waals surface area (Å²) in [4.78, 5) is 24.3. The lowest BCUT2D eigenvalue weighted by molar-refractivity contribution is -0.0525. The summed E-state index contributed by atoms with van der Waals surface area (Å²) in [6.45, 7) is 3.10. The first-order chi connectivity index (χ1) is 9.72. The van der Waals surface area contributed by atoms with Crippen molar-refractivity contribution in [2.75, 3.05) is 6.61 Å². The number of halogens is 4. The Morgan fingerprint density at radius 1 is 1.00 bits per heavy atom. The molecule has 0 bridgehead atoms. The van der Waals surface area contributed by atoms with Gasteiger partial charge in [0.15, 0.2) is 6.29 Å². The molecule has 0 radical (unpaired) electrons. The van der Waals surface area contributed by atoms with Gasteiger partial charge in [0.05, 0.1) is 17.7 Å². The Morgan fingerprint density at radius 2 is 1.43 bits per heavy atom. The zero-order valence-electron chi connectivity index (χ0n) is 10.9. The number of hydrogen-bond donors (Lipinski definition) is 1. The van der Waals surface area contributed by atoms with Crippen LogP contribution in [0.3, 0.4) is 0 Å². The van der Waals surface area contributed by atoms with Crippen molar-refractivity contribution in [3.8, 4) is 0 Å². The molecule has 1 aromatic rings. The number of carbonyl (C=O) groups is 2. The van der Waals surface area contributed by atoms with Gasteiger partial charge in [0.2, 0.25) is 0 Å². The topological polar surface area (TPSA) is 72.8 Å². The van der Waals surface area contributed by atoms with Crippen LogP contribution in [0, 0.1) is 0 Å². The first-order valence-corrected chi connectivity index (χ1v) is 8.81. The Balaban J connectivity index is 3.58. The third-order valence-electron chi connectivity index (χ3n) is 2.23. The van der Waals surface area contributed by atoms with Crippen LogP contribution in [0.2, 0.25) is 0 Å². The molecule has 1 unspecified atom stereocenters. The molecular formula is C12H10Br4O5. The van der Waals surface area contributed by atoms with E-state index in [0.29, 0.717) is 17.9 Å². The normalized spacial score (nSPS) is 12.0. The molecule has 0 amide bonds. The summed E-state index contributed by atoms with van der Waals surface area (Å²) in [6.07, 6.45) is -1.30. The quantitative estimate of drug-likeness (QED) is 0.259. The number of esters is 2. The van der Waals surface area contributed by atoms with Crippen molar-refractivity contribution in [2.24, 2.45) is 0 Å². The lowest BCUT2D eigenvalue weighted by Gasteiger charge is -2.16. The average Bonchev–Trinajstić information content (AvgIpc) is 2.39. The SMILES string of the molecule is CCOC(=O)c1c(Br)c(Br)c(Br)c(Br)c1C(=O)OC(C)O. The smallest absolute Gasteiger partial charge is 0.342 e. The van der Waals surface area contributed by atoms with Crippen molar-refractivity contribution < 1.29 is 24.2 Å². The molecule has 1 rings (SSSR count). The second-order valence-corrected chi connectivity index (χ2v) is 6.90. The van der Waals surface area contributed by atoms with Gasteiger partial charge in [-0.25, -0.2) is 9.59 Å². The monoisotopic (exact) mass is 550 g/mol. The van der Waals surface area contributed by atoms with Crippen molar-refractivity contribution >= 4 is 75.7 Å². The van der Waals surface area contributed by atoms with E-state index in [1.54, 1.807) is 6.92 Å². The van der Waals surface area contributed by atoms with Gasteiger partial charge in [-0.3, -0.25) is 0 Å². The highest BCUT2D eigenvalue weighted by atomic mass is 79.9. The highest BCUT2D eigenvalue weighted by molar-refractivity contribution is 9.15. The van der Waals surface area contributed by atoms with Crippen LogP contribution in [0.4, 0.5) is 0 Å². The van der Waals surface area contributed by atoms with Gasteiger partial charge in [-0.15, -0.1) is 0 Å². The molecule has 9 heteroatoms. The number of hydrogen-bond acceptors (Lipinski definition) is 5. The van der Waals surface area contributed by atoms with Crippen molar-refractivity contribution in [1.82, 2.24) is 0 Å². The molecule has 1 N–H and O–H groups in total. The second-order valence-electron chi connectivity index (χ2n) is 3.73. The third kappa shape index (κ3) is 4.28. The minimum atomic E-state index is -1.30. The molecule has 0 saturated carbocycles. The van der Waals surface area contributed by atoms with Crippen LogP contribution in [0.25, 0.3) is 0 Å². The summed E-state index contributed by atoms with van der Waals surface area (Å²) >= 11 is 13.1. The van der Waals surface area contributed by atoms with Gasteiger partial charge in [-0.1, -0.05) is 0 Å². The van der Waals surface area contributed by atoms with Crippen LogP contribution in [0.1, 0.15) is 34.6 Å². The van der Waals surface area contributed by atoms with Crippen LogP contribution in [0.15, 0.2) is 17.9 Å². The maximum absolute atomic E-state index is 12.1. The fourth-order valence-corrected chi connectivity index (χ4v) is 3.87. The average molecular weight is 554 g/mol. The van der Waals surface area contributed by atoms with Crippen molar-refractivity contribution in [2.45, 2.75) is 20.1 Å². The van der Waals surface area contributed by atoms with Crippen molar-refractivity contribution in [1.29, 1.82) is 0 Å². The first-order valence-electron chi connectivity index (χ1n) is 5.64. The number of aliphatic hydroxyl groups excluding tert-OH is 1. The molecule has 0 fully saturated rings. The summed E-state index contributed by atoms with van der Waals surface area (Å²) in [7, 11) is 0. The van der Waals surface area contributed by atoms with Gasteiger partial charge in [0.25, 0.3) is 0 Å². The summed E-state index contributed by atoms with van der Waals surface area (Å²) in [6, 6.07) is 0. The van der Waals surface area contributed by atoms with Gasteiger partial charge in [-0.2, -0.15) is 0 Å². The van der Waals surface area contributed by atoms with Gasteiger partial charge >= 0.3 is 11.9 Å². The fourth-order valence-electron chi connectivity index (χ4n) is 1.43. The Morgan fingerprint density at radius 3 is 1.81 bits per heavy atom. The maximum atomic E-state index is 12.1. The van der Waals surface area contributed by atoms with Crippen molar-refractivity contribution in [3.05, 3.63) is 29.0 Å². The summed E-state index contributed by atoms with van der Waals surface area (Å²) in [5.41, 5.74) is -0.0410. The molecule has 0 spiro atoms. The van der Waals surface area contributed by atoms with Crippen LogP contribution in [-0.2, 0) is 9.47 Å². The van der Waals surface area contributed by atoms with Crippen molar-refractivity contribution in [3.63, 3.8) is 0 Å². The minimum Gasteiger partial charge on any atom is -0.462 e. The van der Waals surface area contributed by atoms with Crippen LogP contribution in [0.5, 0.6) is 0 Å². The maximum Gasteiger partial charge on any atom is 0.342 e. The van der Waals surface area contributed by atoms with E-state index in [9.17, 15) is 14.7 Å². The van der Waals surface area contributed by atoms with E-state index in [0.717, 1.165) is 0 Å². The summed E-state index contributed by atoms with van der Waals surface area (Å²) in [5, 5.41) is 9.19. The Bertz CT molecular complexity index is 586. The molecule has 21 heavy (non-hydrogen) atoms. The number of ether oxygens (including phenoxy) is 2. The van der Waals surface area contributed by atoms with Crippen LogP contribution >= 0.6 is 63.7 Å². The van der Waals surface area contributed by atoms with Crippen LogP contribution in [-0.4, -0.2) is 29.9 Å². The highest BCUT2D eigenvalue weighted by Crippen LogP contribution is 2.42. The summed E-state index contributed by atoms with van der Waals surface area (Å²) in [5.74, 6) is -1.54. The molecular weight excluding hydrogens is 544 g/mol. The number of aliphatic hydroxyl groups is 1. The van der Waals surface area contributed by atoms with E-state index in [1.165, 1.54) is 6.92 Å². The van der Waals surface area contributed by atoms with E-state index in [2.05, 4.69) is 63.7 Å². The molecule has 5 nitrogen and oxygen atoms in total.